The molecular weight excluding hydrogens is 398 g/mol. The van der Waals surface area contributed by atoms with Gasteiger partial charge >= 0.3 is 0 Å². The molecule has 0 N–H and O–H groups in total. The number of benzene rings is 2. The maximum absolute atomic E-state index is 13.3. The monoisotopic (exact) mass is 425 g/mol. The van der Waals surface area contributed by atoms with Crippen molar-refractivity contribution in [3.8, 4) is 11.3 Å². The molecular formula is C26H27N5O. The van der Waals surface area contributed by atoms with Crippen LogP contribution in [0.5, 0.6) is 0 Å². The van der Waals surface area contributed by atoms with Crippen molar-refractivity contribution < 1.29 is 4.79 Å². The molecule has 32 heavy (non-hydrogen) atoms. The Balaban J connectivity index is 1.31. The first-order valence-corrected chi connectivity index (χ1v) is 11.1. The number of aryl methyl sites for hydroxylation is 2. The van der Waals surface area contributed by atoms with E-state index in [2.05, 4.69) is 77.4 Å². The van der Waals surface area contributed by atoms with E-state index in [4.69, 9.17) is 0 Å². The van der Waals surface area contributed by atoms with Crippen molar-refractivity contribution in [2.45, 2.75) is 20.4 Å². The lowest BCUT2D eigenvalue weighted by molar-refractivity contribution is 0.0630. The van der Waals surface area contributed by atoms with Gasteiger partial charge < -0.3 is 4.90 Å². The normalized spacial score (nSPS) is 14.8. The molecule has 2 aromatic carbocycles. The molecule has 1 aliphatic heterocycles. The van der Waals surface area contributed by atoms with Crippen molar-refractivity contribution in [1.29, 1.82) is 0 Å². The third-order valence-electron chi connectivity index (χ3n) is 6.13. The van der Waals surface area contributed by atoms with Crippen molar-refractivity contribution in [3.05, 3.63) is 89.2 Å². The lowest BCUT2D eigenvalue weighted by Crippen LogP contribution is -2.48. The standard InChI is InChI=1S/C26H27N5O/c1-19-6-8-22(9-7-19)24-10-11-27-25-23(17-28-31(24)25)26(32)30-14-12-29(13-15-30)18-21-5-3-4-20(2)16-21/h3-11,16-17H,12-15,18H2,1-2H3. The number of hydrogen-bond acceptors (Lipinski definition) is 4. The molecule has 0 radical (unpaired) electrons. The number of rotatable bonds is 4. The quantitative estimate of drug-likeness (QED) is 0.496. The summed E-state index contributed by atoms with van der Waals surface area (Å²) in [4.78, 5) is 22.1. The van der Waals surface area contributed by atoms with Gasteiger partial charge in [0.25, 0.3) is 5.91 Å². The molecule has 3 heterocycles. The Morgan fingerprint density at radius 2 is 1.72 bits per heavy atom. The number of nitrogens with zero attached hydrogens (tertiary/aromatic N) is 5. The number of carbonyl (C=O) groups excluding carboxylic acids is 1. The first-order valence-electron chi connectivity index (χ1n) is 11.1. The van der Waals surface area contributed by atoms with Gasteiger partial charge in [0.2, 0.25) is 0 Å². The van der Waals surface area contributed by atoms with Gasteiger partial charge in [-0.05, 0) is 25.5 Å². The Hall–Kier alpha value is -3.51. The van der Waals surface area contributed by atoms with Crippen LogP contribution in [-0.2, 0) is 6.54 Å². The van der Waals surface area contributed by atoms with Crippen LogP contribution in [0.15, 0.2) is 67.0 Å². The van der Waals surface area contributed by atoms with Crippen molar-refractivity contribution in [2.24, 2.45) is 0 Å². The van der Waals surface area contributed by atoms with Gasteiger partial charge in [-0.2, -0.15) is 5.10 Å². The summed E-state index contributed by atoms with van der Waals surface area (Å²) in [6.45, 7) is 8.24. The summed E-state index contributed by atoms with van der Waals surface area (Å²) in [5, 5.41) is 4.51. The minimum Gasteiger partial charge on any atom is -0.336 e. The molecule has 162 valence electrons. The second-order valence-corrected chi connectivity index (χ2v) is 8.55. The van der Waals surface area contributed by atoms with Crippen LogP contribution in [0.3, 0.4) is 0 Å². The molecule has 5 rings (SSSR count). The number of amides is 1. The molecule has 1 aliphatic rings. The molecule has 0 atom stereocenters. The largest absolute Gasteiger partial charge is 0.336 e. The van der Waals surface area contributed by atoms with Gasteiger partial charge in [0.15, 0.2) is 5.65 Å². The minimum absolute atomic E-state index is 0.00348. The van der Waals surface area contributed by atoms with E-state index >= 15 is 0 Å². The maximum atomic E-state index is 13.3. The Labute approximate surface area is 188 Å². The third kappa shape index (κ3) is 4.01. The van der Waals surface area contributed by atoms with Gasteiger partial charge in [-0.15, -0.1) is 0 Å². The van der Waals surface area contributed by atoms with Crippen LogP contribution < -0.4 is 0 Å². The Morgan fingerprint density at radius 1 is 0.938 bits per heavy atom. The highest BCUT2D eigenvalue weighted by atomic mass is 16.2. The summed E-state index contributed by atoms with van der Waals surface area (Å²) in [7, 11) is 0. The summed E-state index contributed by atoms with van der Waals surface area (Å²) < 4.78 is 1.77. The summed E-state index contributed by atoms with van der Waals surface area (Å²) in [5.74, 6) is 0.00348. The van der Waals surface area contributed by atoms with E-state index in [0.29, 0.717) is 24.3 Å². The zero-order chi connectivity index (χ0) is 22.1. The average Bonchev–Trinajstić information content (AvgIpc) is 3.24. The molecule has 1 fully saturated rings. The zero-order valence-corrected chi connectivity index (χ0v) is 18.5. The molecule has 0 saturated carbocycles. The molecule has 0 unspecified atom stereocenters. The van der Waals surface area contributed by atoms with Crippen LogP contribution in [-0.4, -0.2) is 56.5 Å². The fraction of sp³-hybridized carbons (Fsp3) is 0.269. The lowest BCUT2D eigenvalue weighted by Gasteiger charge is -2.34. The van der Waals surface area contributed by atoms with Crippen molar-refractivity contribution in [1.82, 2.24) is 24.4 Å². The van der Waals surface area contributed by atoms with Crippen LogP contribution in [0.1, 0.15) is 27.0 Å². The minimum atomic E-state index is 0.00348. The van der Waals surface area contributed by atoms with Crippen LogP contribution in [0.4, 0.5) is 0 Å². The Morgan fingerprint density at radius 3 is 2.47 bits per heavy atom. The number of aromatic nitrogens is 3. The van der Waals surface area contributed by atoms with E-state index in [-0.39, 0.29) is 5.91 Å². The second kappa shape index (κ2) is 8.55. The molecule has 1 saturated heterocycles. The SMILES string of the molecule is Cc1ccc(-c2ccnc3c(C(=O)N4CCN(Cc5cccc(C)c5)CC4)cnn23)cc1. The molecule has 0 bridgehead atoms. The lowest BCUT2D eigenvalue weighted by atomic mass is 10.1. The summed E-state index contributed by atoms with van der Waals surface area (Å²) in [6.07, 6.45) is 3.41. The van der Waals surface area contributed by atoms with Crippen molar-refractivity contribution >= 4 is 11.6 Å². The highest BCUT2D eigenvalue weighted by molar-refractivity contribution is 6.00. The fourth-order valence-corrected chi connectivity index (χ4v) is 4.33. The highest BCUT2D eigenvalue weighted by Gasteiger charge is 2.25. The number of hydrogen-bond donors (Lipinski definition) is 0. The molecule has 4 aromatic rings. The van der Waals surface area contributed by atoms with Gasteiger partial charge in [0, 0.05) is 44.5 Å². The first kappa shape index (κ1) is 20.4. The van der Waals surface area contributed by atoms with E-state index in [1.165, 1.54) is 16.7 Å². The molecule has 1 amide bonds. The molecule has 6 heteroatoms. The van der Waals surface area contributed by atoms with Crippen molar-refractivity contribution in [2.75, 3.05) is 26.2 Å². The zero-order valence-electron chi connectivity index (χ0n) is 18.5. The van der Waals surface area contributed by atoms with E-state index in [1.807, 2.05) is 11.0 Å². The van der Waals surface area contributed by atoms with E-state index in [9.17, 15) is 4.79 Å². The van der Waals surface area contributed by atoms with Crippen molar-refractivity contribution in [3.63, 3.8) is 0 Å². The molecule has 0 aliphatic carbocycles. The Bertz CT molecular complexity index is 1250. The van der Waals surface area contributed by atoms with E-state index in [0.717, 1.165) is 30.9 Å². The third-order valence-corrected chi connectivity index (χ3v) is 6.13. The number of fused-ring (bicyclic) bond motifs is 1. The smallest absolute Gasteiger partial charge is 0.259 e. The topological polar surface area (TPSA) is 53.7 Å². The van der Waals surface area contributed by atoms with Crippen LogP contribution in [0, 0.1) is 13.8 Å². The Kier molecular flexibility index (Phi) is 5.45. The maximum Gasteiger partial charge on any atom is 0.259 e. The van der Waals surface area contributed by atoms with Gasteiger partial charge in [-0.1, -0.05) is 59.7 Å². The van der Waals surface area contributed by atoms with E-state index in [1.54, 1.807) is 16.9 Å². The first-order chi connectivity index (χ1) is 15.6. The van der Waals surface area contributed by atoms with Gasteiger partial charge in [0.05, 0.1) is 11.9 Å². The van der Waals surface area contributed by atoms with E-state index < -0.39 is 0 Å². The number of piperazine rings is 1. The fourth-order valence-electron chi connectivity index (χ4n) is 4.33. The highest BCUT2D eigenvalue weighted by Crippen LogP contribution is 2.22. The average molecular weight is 426 g/mol. The summed E-state index contributed by atoms with van der Waals surface area (Å²) in [6, 6.07) is 18.8. The van der Waals surface area contributed by atoms with Gasteiger partial charge in [-0.25, -0.2) is 9.50 Å². The van der Waals surface area contributed by atoms with Gasteiger partial charge in [0.1, 0.15) is 5.56 Å². The predicted octanol–water partition coefficient (Wildman–Crippen LogP) is 3.97. The number of carbonyl (C=O) groups is 1. The summed E-state index contributed by atoms with van der Waals surface area (Å²) >= 11 is 0. The van der Waals surface area contributed by atoms with Gasteiger partial charge in [-0.3, -0.25) is 9.69 Å². The van der Waals surface area contributed by atoms with Crippen LogP contribution in [0.25, 0.3) is 16.9 Å². The molecule has 0 spiro atoms. The van der Waals surface area contributed by atoms with Crippen LogP contribution >= 0.6 is 0 Å². The second-order valence-electron chi connectivity index (χ2n) is 8.55. The molecule has 2 aromatic heterocycles. The summed E-state index contributed by atoms with van der Waals surface area (Å²) in [5.41, 5.74) is 6.95. The van der Waals surface area contributed by atoms with Crippen LogP contribution in [0.2, 0.25) is 0 Å². The predicted molar refractivity (Wildman–Crippen MR) is 126 cm³/mol. The molecule has 6 nitrogen and oxygen atoms in total.